The Morgan fingerprint density at radius 3 is 2.52 bits per heavy atom. The van der Waals surface area contributed by atoms with Crippen LogP contribution in [0.5, 0.6) is 0 Å². The van der Waals surface area contributed by atoms with E-state index >= 15 is 0 Å². The predicted molar refractivity (Wildman–Crippen MR) is 105 cm³/mol. The van der Waals surface area contributed by atoms with E-state index in [2.05, 4.69) is 61.1 Å². The predicted octanol–water partition coefficient (Wildman–Crippen LogP) is 4.76. The summed E-state index contributed by atoms with van der Waals surface area (Å²) in [5, 5.41) is 4.63. The molecule has 3 heteroatoms. The fourth-order valence-corrected chi connectivity index (χ4v) is 3.05. The fraction of sp³-hybridized carbons (Fsp3) is 0.500. The molecule has 1 radical (unpaired) electrons. The van der Waals surface area contributed by atoms with Crippen molar-refractivity contribution < 1.29 is 2.85 Å². The lowest BCUT2D eigenvalue weighted by atomic mass is 10.1. The minimum Gasteiger partial charge on any atom is -0.383 e. The Hall–Kier alpha value is -1.74. The van der Waals surface area contributed by atoms with E-state index in [1.54, 1.807) is 0 Å². The number of hydrogen-bond acceptors (Lipinski definition) is 2. The molecule has 0 saturated carbocycles. The smallest absolute Gasteiger partial charge is 0.0459 e. The molecule has 0 saturated heterocycles. The first-order valence-electron chi connectivity index (χ1n) is 8.74. The van der Waals surface area contributed by atoms with Crippen LogP contribution in [0.2, 0.25) is 0 Å². The van der Waals surface area contributed by atoms with Crippen LogP contribution in [0.1, 0.15) is 46.4 Å². The lowest BCUT2D eigenvalue weighted by Crippen LogP contribution is -2.32. The number of benzene rings is 1. The highest BCUT2D eigenvalue weighted by molar-refractivity contribution is 5.87. The summed E-state index contributed by atoms with van der Waals surface area (Å²) in [7, 11) is 0. The molecule has 0 aliphatic heterocycles. The van der Waals surface area contributed by atoms with Crippen molar-refractivity contribution in [3.05, 3.63) is 41.6 Å². The summed E-state index contributed by atoms with van der Waals surface area (Å²) in [5.41, 5.74) is 5.52. The third-order valence-electron chi connectivity index (χ3n) is 4.44. The van der Waals surface area contributed by atoms with Crippen LogP contribution in [0.3, 0.4) is 0 Å². The van der Waals surface area contributed by atoms with Crippen molar-refractivity contribution in [2.45, 2.75) is 40.5 Å². The Balaban J connectivity index is 0.00000288. The van der Waals surface area contributed by atoms with Crippen LogP contribution < -0.4 is 5.32 Å². The zero-order chi connectivity index (χ0) is 16.8. The average Bonchev–Trinajstić information content (AvgIpc) is 2.82. The molecule has 1 heterocycles. The number of rotatable bonds is 9. The van der Waals surface area contributed by atoms with Crippen molar-refractivity contribution in [2.75, 3.05) is 26.2 Å². The van der Waals surface area contributed by atoms with Crippen LogP contribution in [0.15, 0.2) is 18.2 Å². The Morgan fingerprint density at radius 2 is 1.87 bits per heavy atom. The van der Waals surface area contributed by atoms with Gasteiger partial charge in [-0.3, -0.25) is 0 Å². The number of aromatic nitrogens is 1. The van der Waals surface area contributed by atoms with Crippen LogP contribution in [0, 0.1) is 20.4 Å². The molecule has 0 atom stereocenters. The molecule has 2 aromatic rings. The van der Waals surface area contributed by atoms with Crippen LogP contribution >= 0.6 is 0 Å². The molecule has 0 unspecified atom stereocenters. The van der Waals surface area contributed by atoms with Crippen molar-refractivity contribution >= 4 is 16.6 Å². The molecule has 23 heavy (non-hydrogen) atoms. The van der Waals surface area contributed by atoms with Gasteiger partial charge >= 0.3 is 0 Å². The maximum absolute atomic E-state index is 6.25. The summed E-state index contributed by atoms with van der Waals surface area (Å²) < 4.78 is 0. The van der Waals surface area contributed by atoms with Crippen molar-refractivity contribution in [1.82, 2.24) is 15.2 Å². The fourth-order valence-electron chi connectivity index (χ4n) is 3.05. The zero-order valence-corrected chi connectivity index (χ0v) is 15.0. The average molecular weight is 317 g/mol. The van der Waals surface area contributed by atoms with E-state index in [1.807, 2.05) is 0 Å². The molecule has 2 rings (SSSR count). The molecule has 0 aliphatic rings. The van der Waals surface area contributed by atoms with Crippen molar-refractivity contribution in [2.24, 2.45) is 0 Å². The lowest BCUT2D eigenvalue weighted by molar-refractivity contribution is 0.278. The molecule has 0 fully saturated rings. The number of fused-ring (bicyclic) bond motifs is 1. The highest BCUT2D eigenvalue weighted by atomic mass is 15.1. The molecule has 0 aliphatic carbocycles. The highest BCUT2D eigenvalue weighted by Crippen LogP contribution is 2.24. The van der Waals surface area contributed by atoms with E-state index < -0.39 is 0 Å². The molecular weight excluding hydrogens is 282 g/mol. The number of aromatic amines is 1. The molecule has 3 nitrogen and oxygen atoms in total. The Labute approximate surface area is 143 Å². The summed E-state index contributed by atoms with van der Waals surface area (Å²) in [6, 6.07) is 6.36. The van der Waals surface area contributed by atoms with E-state index in [0.717, 1.165) is 37.4 Å². The summed E-state index contributed by atoms with van der Waals surface area (Å²) in [5.74, 6) is 0. The molecule has 0 spiro atoms. The molecule has 1 aromatic carbocycles. The van der Waals surface area contributed by atoms with Gasteiger partial charge in [0, 0.05) is 38.2 Å². The van der Waals surface area contributed by atoms with Crippen LogP contribution in [0.25, 0.3) is 16.6 Å². The maximum atomic E-state index is 6.25. The second kappa shape index (κ2) is 8.21. The van der Waals surface area contributed by atoms with Gasteiger partial charge in [0.2, 0.25) is 0 Å². The number of hydrogen-bond donors (Lipinski definition) is 2. The Morgan fingerprint density at radius 1 is 1.17 bits per heavy atom. The third kappa shape index (κ3) is 4.38. The monoisotopic (exact) mass is 316 g/mol. The quantitative estimate of drug-likeness (QED) is 0.698. The van der Waals surface area contributed by atoms with E-state index in [1.165, 1.54) is 35.0 Å². The van der Waals surface area contributed by atoms with Gasteiger partial charge in [0.05, 0.1) is 0 Å². The molecule has 1 aromatic heterocycles. The van der Waals surface area contributed by atoms with Crippen LogP contribution in [-0.4, -0.2) is 36.1 Å². The van der Waals surface area contributed by atoms with Gasteiger partial charge in [0.15, 0.2) is 0 Å². The molecule has 0 bridgehead atoms. The van der Waals surface area contributed by atoms with Gasteiger partial charge in [-0.15, -0.1) is 0 Å². The Bertz CT molecular complexity index is 658. The van der Waals surface area contributed by atoms with Gasteiger partial charge < -0.3 is 15.2 Å². The summed E-state index contributed by atoms with van der Waals surface area (Å²) in [6.07, 6.45) is 2.39. The number of nitrogens with zero attached hydrogens (tertiary/aromatic N) is 1. The lowest BCUT2D eigenvalue weighted by Gasteiger charge is -2.21. The van der Waals surface area contributed by atoms with E-state index in [-0.39, 0.29) is 2.85 Å². The number of nitrogens with one attached hydrogen (secondary N) is 2. The summed E-state index contributed by atoms with van der Waals surface area (Å²) in [4.78, 5) is 5.89. The summed E-state index contributed by atoms with van der Waals surface area (Å²) >= 11 is 0. The highest BCUT2D eigenvalue weighted by Gasteiger charge is 2.07. The van der Waals surface area contributed by atoms with Crippen LogP contribution in [-0.2, 0) is 0 Å². The molecular formula is C20H34N3. The Kier molecular flexibility index (Phi) is 6.28. The standard InChI is InChI=1S/C20H30N3.2H2/c1-6-11-23(12-7-2)13-10-21-17(5)18-8-9-20-19(14-18)15(3)16(4)22-20;;/h5,8-9,14,21-22H,6-7,10-13H2,1-4H3;2*1H. The number of H-pyrrole nitrogens is 1. The summed E-state index contributed by atoms with van der Waals surface area (Å²) in [6.45, 7) is 19.2. The normalized spacial score (nSPS) is 11.3. The zero-order valence-electron chi connectivity index (χ0n) is 15.0. The SMILES string of the molecule is [CH]=C(NCCN(CCC)CCC)c1ccc2[nH]c(C)c(C)c2c1.[HH].[HH]. The van der Waals surface area contributed by atoms with E-state index in [9.17, 15) is 0 Å². The van der Waals surface area contributed by atoms with E-state index in [4.69, 9.17) is 6.58 Å². The largest absolute Gasteiger partial charge is 0.383 e. The first-order valence-corrected chi connectivity index (χ1v) is 8.74. The van der Waals surface area contributed by atoms with Gasteiger partial charge in [-0.2, -0.15) is 0 Å². The minimum atomic E-state index is 0. The molecule has 2 N–H and O–H groups in total. The van der Waals surface area contributed by atoms with Gasteiger partial charge in [-0.1, -0.05) is 19.9 Å². The van der Waals surface area contributed by atoms with Crippen molar-refractivity contribution in [3.8, 4) is 0 Å². The van der Waals surface area contributed by atoms with Gasteiger partial charge in [0.25, 0.3) is 0 Å². The topological polar surface area (TPSA) is 31.1 Å². The first kappa shape index (κ1) is 17.6. The van der Waals surface area contributed by atoms with Crippen molar-refractivity contribution in [3.63, 3.8) is 0 Å². The second-order valence-corrected chi connectivity index (χ2v) is 6.32. The van der Waals surface area contributed by atoms with Gasteiger partial charge in [-0.05, 0) is 69.6 Å². The van der Waals surface area contributed by atoms with E-state index in [0.29, 0.717) is 0 Å². The van der Waals surface area contributed by atoms with Gasteiger partial charge in [0.1, 0.15) is 0 Å². The van der Waals surface area contributed by atoms with Crippen molar-refractivity contribution in [1.29, 1.82) is 0 Å². The van der Waals surface area contributed by atoms with Gasteiger partial charge in [-0.25, -0.2) is 0 Å². The number of aryl methyl sites for hydroxylation is 2. The third-order valence-corrected chi connectivity index (χ3v) is 4.44. The molecule has 0 amide bonds. The molecule has 129 valence electrons. The van der Waals surface area contributed by atoms with Crippen LogP contribution in [0.4, 0.5) is 0 Å². The maximum Gasteiger partial charge on any atom is 0.0459 e. The minimum absolute atomic E-state index is 0. The first-order chi connectivity index (χ1) is 11.1. The second-order valence-electron chi connectivity index (χ2n) is 6.32.